The van der Waals surface area contributed by atoms with Crippen molar-refractivity contribution in [3.05, 3.63) is 38.2 Å². The highest BCUT2D eigenvalue weighted by molar-refractivity contribution is 7.07. The van der Waals surface area contributed by atoms with Crippen LogP contribution in [0.5, 0.6) is 0 Å². The molecule has 0 amide bonds. The Morgan fingerprint density at radius 2 is 2.30 bits per heavy atom. The van der Waals surface area contributed by atoms with E-state index in [1.165, 1.54) is 5.56 Å². The van der Waals surface area contributed by atoms with E-state index in [1.54, 1.807) is 22.9 Å². The number of hydrogen-bond donors (Lipinski definition) is 1. The van der Waals surface area contributed by atoms with Gasteiger partial charge in [-0.1, -0.05) is 0 Å². The van der Waals surface area contributed by atoms with Gasteiger partial charge in [-0.2, -0.15) is 16.4 Å². The number of nitro groups is 1. The average molecular weight is 294 g/mol. The first-order chi connectivity index (χ1) is 9.50. The molecule has 0 fully saturated rings. The predicted molar refractivity (Wildman–Crippen MR) is 80.5 cm³/mol. The smallest absolute Gasteiger partial charge is 0.333 e. The van der Waals surface area contributed by atoms with Gasteiger partial charge in [0.15, 0.2) is 0 Å². The maximum Gasteiger partial charge on any atom is 0.333 e. The minimum absolute atomic E-state index is 0.0732. The summed E-state index contributed by atoms with van der Waals surface area (Å²) in [5.74, 6) is 0.498. The first-order valence-corrected chi connectivity index (χ1v) is 7.43. The van der Waals surface area contributed by atoms with Crippen LogP contribution >= 0.6 is 11.3 Å². The second-order valence-corrected chi connectivity index (χ2v) is 5.67. The molecule has 1 N–H and O–H groups in total. The predicted octanol–water partition coefficient (Wildman–Crippen LogP) is 3.40. The largest absolute Gasteiger partial charge is 0.364 e. The van der Waals surface area contributed by atoms with Crippen molar-refractivity contribution < 1.29 is 4.92 Å². The number of aromatic nitrogens is 2. The SMILES string of the molecule is Cc1nn(C(C)C)c(NCCc2ccsc2)c1[N+](=O)[O-]. The van der Waals surface area contributed by atoms with Gasteiger partial charge in [0.1, 0.15) is 5.69 Å². The van der Waals surface area contributed by atoms with E-state index >= 15 is 0 Å². The van der Waals surface area contributed by atoms with E-state index in [4.69, 9.17) is 0 Å². The van der Waals surface area contributed by atoms with Crippen LogP contribution in [0.1, 0.15) is 31.1 Å². The molecule has 2 aromatic rings. The third-order valence-electron chi connectivity index (χ3n) is 3.01. The van der Waals surface area contributed by atoms with Crippen molar-refractivity contribution in [1.82, 2.24) is 9.78 Å². The summed E-state index contributed by atoms with van der Waals surface area (Å²) in [5, 5.41) is 22.7. The molecule has 0 saturated heterocycles. The number of rotatable bonds is 6. The summed E-state index contributed by atoms with van der Waals surface area (Å²) < 4.78 is 1.68. The zero-order chi connectivity index (χ0) is 14.7. The highest BCUT2D eigenvalue weighted by atomic mass is 32.1. The standard InChI is InChI=1S/C13H18N4O2S/c1-9(2)16-13(12(17(18)19)10(3)15-16)14-6-4-11-5-7-20-8-11/h5,7-9,14H,4,6H2,1-3H3. The van der Waals surface area contributed by atoms with Gasteiger partial charge in [0.25, 0.3) is 0 Å². The molecule has 7 heteroatoms. The summed E-state index contributed by atoms with van der Waals surface area (Å²) >= 11 is 1.65. The van der Waals surface area contributed by atoms with E-state index < -0.39 is 0 Å². The minimum Gasteiger partial charge on any atom is -0.364 e. The summed E-state index contributed by atoms with van der Waals surface area (Å²) in [4.78, 5) is 10.8. The summed E-state index contributed by atoms with van der Waals surface area (Å²) in [7, 11) is 0. The van der Waals surface area contributed by atoms with Crippen molar-refractivity contribution in [3.8, 4) is 0 Å². The molecule has 0 aliphatic carbocycles. The zero-order valence-electron chi connectivity index (χ0n) is 11.8. The highest BCUT2D eigenvalue weighted by Crippen LogP contribution is 2.30. The Kier molecular flexibility index (Phi) is 4.39. The van der Waals surface area contributed by atoms with Gasteiger partial charge in [-0.3, -0.25) is 10.1 Å². The minimum atomic E-state index is -0.367. The van der Waals surface area contributed by atoms with E-state index in [0.717, 1.165) is 6.42 Å². The maximum absolute atomic E-state index is 11.2. The summed E-state index contributed by atoms with van der Waals surface area (Å²) in [6, 6.07) is 2.14. The zero-order valence-corrected chi connectivity index (χ0v) is 12.6. The fraction of sp³-hybridized carbons (Fsp3) is 0.462. The topological polar surface area (TPSA) is 73.0 Å². The second kappa shape index (κ2) is 6.04. The van der Waals surface area contributed by atoms with Crippen molar-refractivity contribution in [3.63, 3.8) is 0 Å². The fourth-order valence-corrected chi connectivity index (χ4v) is 2.76. The lowest BCUT2D eigenvalue weighted by atomic mass is 10.2. The molecule has 0 aromatic carbocycles. The van der Waals surface area contributed by atoms with Crippen molar-refractivity contribution in [2.45, 2.75) is 33.2 Å². The third-order valence-corrected chi connectivity index (χ3v) is 3.74. The Hall–Kier alpha value is -1.89. The number of nitrogens with zero attached hydrogens (tertiary/aromatic N) is 3. The molecule has 0 aliphatic rings. The van der Waals surface area contributed by atoms with Crippen LogP contribution in [-0.4, -0.2) is 21.2 Å². The number of nitrogens with one attached hydrogen (secondary N) is 1. The molecule has 6 nitrogen and oxygen atoms in total. The van der Waals surface area contributed by atoms with E-state index in [1.807, 2.05) is 19.2 Å². The number of aryl methyl sites for hydroxylation is 1. The first-order valence-electron chi connectivity index (χ1n) is 6.49. The molecule has 2 heterocycles. The molecule has 20 heavy (non-hydrogen) atoms. The van der Waals surface area contributed by atoms with Crippen LogP contribution in [0.4, 0.5) is 11.5 Å². The van der Waals surface area contributed by atoms with Crippen LogP contribution in [0.3, 0.4) is 0 Å². The summed E-state index contributed by atoms with van der Waals surface area (Å²) in [6.07, 6.45) is 0.836. The lowest BCUT2D eigenvalue weighted by Gasteiger charge is -2.11. The lowest BCUT2D eigenvalue weighted by molar-refractivity contribution is -0.384. The van der Waals surface area contributed by atoms with Crippen molar-refractivity contribution in [1.29, 1.82) is 0 Å². The fourth-order valence-electron chi connectivity index (χ4n) is 2.06. The molecule has 0 aliphatic heterocycles. The van der Waals surface area contributed by atoms with Gasteiger partial charge < -0.3 is 5.32 Å². The van der Waals surface area contributed by atoms with Gasteiger partial charge in [0.05, 0.1) is 4.92 Å². The van der Waals surface area contributed by atoms with Gasteiger partial charge >= 0.3 is 5.69 Å². The molecule has 2 rings (SSSR count). The normalized spacial score (nSPS) is 11.0. The molecule has 2 aromatic heterocycles. The number of anilines is 1. The van der Waals surface area contributed by atoms with Gasteiger partial charge in [-0.25, -0.2) is 4.68 Å². The molecular formula is C13H18N4O2S. The van der Waals surface area contributed by atoms with Crippen LogP contribution in [0.2, 0.25) is 0 Å². The molecule has 0 spiro atoms. The molecular weight excluding hydrogens is 276 g/mol. The van der Waals surface area contributed by atoms with Crippen LogP contribution in [0.25, 0.3) is 0 Å². The van der Waals surface area contributed by atoms with Crippen molar-refractivity contribution in [2.75, 3.05) is 11.9 Å². The van der Waals surface area contributed by atoms with Gasteiger partial charge in [0, 0.05) is 12.6 Å². The van der Waals surface area contributed by atoms with Gasteiger partial charge in [-0.15, -0.1) is 0 Å². The van der Waals surface area contributed by atoms with E-state index in [-0.39, 0.29) is 16.7 Å². The Morgan fingerprint density at radius 1 is 1.55 bits per heavy atom. The first kappa shape index (κ1) is 14.5. The lowest BCUT2D eigenvalue weighted by Crippen LogP contribution is -2.13. The Bertz CT molecular complexity index is 590. The Morgan fingerprint density at radius 3 is 2.85 bits per heavy atom. The second-order valence-electron chi connectivity index (χ2n) is 4.89. The van der Waals surface area contributed by atoms with Crippen LogP contribution in [-0.2, 0) is 6.42 Å². The molecule has 0 atom stereocenters. The van der Waals surface area contributed by atoms with Crippen LogP contribution < -0.4 is 5.32 Å². The molecule has 108 valence electrons. The van der Waals surface area contributed by atoms with E-state index in [2.05, 4.69) is 21.9 Å². The molecule has 0 unspecified atom stereocenters. The Labute approximate surface area is 121 Å². The molecule has 0 bridgehead atoms. The van der Waals surface area contributed by atoms with Crippen LogP contribution in [0, 0.1) is 17.0 Å². The van der Waals surface area contributed by atoms with Crippen LogP contribution in [0.15, 0.2) is 16.8 Å². The number of thiophene rings is 1. The highest BCUT2D eigenvalue weighted by Gasteiger charge is 2.26. The van der Waals surface area contributed by atoms with E-state index in [0.29, 0.717) is 18.1 Å². The molecule has 0 radical (unpaired) electrons. The average Bonchev–Trinajstić information content (AvgIpc) is 2.97. The summed E-state index contributed by atoms with van der Waals surface area (Å²) in [6.45, 7) is 6.23. The summed E-state index contributed by atoms with van der Waals surface area (Å²) in [5.41, 5.74) is 1.75. The van der Waals surface area contributed by atoms with Crippen molar-refractivity contribution >= 4 is 22.8 Å². The quantitative estimate of drug-likeness (QED) is 0.654. The van der Waals surface area contributed by atoms with Crippen molar-refractivity contribution in [2.24, 2.45) is 0 Å². The Balaban J connectivity index is 2.18. The van der Waals surface area contributed by atoms with E-state index in [9.17, 15) is 10.1 Å². The third kappa shape index (κ3) is 2.98. The van der Waals surface area contributed by atoms with Gasteiger partial charge in [-0.05, 0) is 49.6 Å². The maximum atomic E-state index is 11.2. The monoisotopic (exact) mass is 294 g/mol. The molecule has 0 saturated carbocycles. The van der Waals surface area contributed by atoms with Gasteiger partial charge in [0.2, 0.25) is 5.82 Å². The number of hydrogen-bond acceptors (Lipinski definition) is 5.